The first-order chi connectivity index (χ1) is 21.8. The number of carbonyl (C=O) groups excluding carboxylic acids is 5. The fourth-order valence-electron chi connectivity index (χ4n) is 4.40. The van der Waals surface area contributed by atoms with Crippen LogP contribution < -0.4 is 27.4 Å². The van der Waals surface area contributed by atoms with Gasteiger partial charge in [-0.2, -0.15) is 0 Å². The lowest BCUT2D eigenvalue weighted by molar-refractivity contribution is -0.647. The van der Waals surface area contributed by atoms with Crippen molar-refractivity contribution in [2.24, 2.45) is 22.4 Å². The van der Waals surface area contributed by atoms with Gasteiger partial charge in [0.2, 0.25) is 11.8 Å². The fourth-order valence-corrected chi connectivity index (χ4v) is 4.40. The van der Waals surface area contributed by atoms with Crippen molar-refractivity contribution in [3.05, 3.63) is 39.9 Å². The molecule has 8 N–H and O–H groups in total. The summed E-state index contributed by atoms with van der Waals surface area (Å²) in [6, 6.07) is 2.11. The number of phenols is 1. The van der Waals surface area contributed by atoms with Crippen LogP contribution in [0, 0.1) is 16.0 Å². The molecular formula is C29H46N8O10. The Kier molecular flexibility index (Phi) is 15.0. The Hall–Kier alpha value is -5.00. The highest BCUT2D eigenvalue weighted by Crippen LogP contribution is 2.30. The van der Waals surface area contributed by atoms with E-state index in [4.69, 9.17) is 20.9 Å². The van der Waals surface area contributed by atoms with Gasteiger partial charge in [-0.3, -0.25) is 19.4 Å². The summed E-state index contributed by atoms with van der Waals surface area (Å²) in [5.41, 5.74) is 6.51. The summed E-state index contributed by atoms with van der Waals surface area (Å²) in [5, 5.41) is 28.7. The molecule has 0 heterocycles. The van der Waals surface area contributed by atoms with Crippen LogP contribution in [0.2, 0.25) is 0 Å². The molecule has 0 aliphatic heterocycles. The minimum atomic E-state index is -3.03. The van der Waals surface area contributed by atoms with E-state index in [1.165, 1.54) is 65.9 Å². The van der Waals surface area contributed by atoms with Gasteiger partial charge >= 0.3 is 23.4 Å². The van der Waals surface area contributed by atoms with Crippen LogP contribution in [0.25, 0.3) is 0 Å². The Balaban J connectivity index is 3.75. The van der Waals surface area contributed by atoms with Crippen molar-refractivity contribution in [1.29, 1.82) is 0 Å². The number of phenolic OH excluding ortho intramolecular Hbond substituents is 1. The Labute approximate surface area is 272 Å². The number of amides is 3. The maximum atomic E-state index is 14.2. The standard InChI is InChI=1S/C29H46N8O10/c1-17(2)22(35-23(40)20(34-21(39)16-32-6)9-8-14-33-27(30)31)24(41)36(37(44)45)29(25(42)46-7,26(43)47-28(3,4)5)15-18-10-12-19(38)13-11-18/h10-13,17,20,22,32,38H,8-9,14-16H2,1-7H3,(H,34,39)(H,35,40)(H4,30,31,33)/t20-,22-,29-/m0/s1. The highest BCUT2D eigenvalue weighted by atomic mass is 16.7. The lowest BCUT2D eigenvalue weighted by Gasteiger charge is -2.36. The van der Waals surface area contributed by atoms with E-state index in [9.17, 15) is 39.2 Å². The van der Waals surface area contributed by atoms with Crippen LogP contribution in [0.15, 0.2) is 29.3 Å². The van der Waals surface area contributed by atoms with Gasteiger partial charge in [-0.15, -0.1) is 0 Å². The third kappa shape index (κ3) is 11.7. The number of nitro groups is 1. The molecule has 0 bridgehead atoms. The summed E-state index contributed by atoms with van der Waals surface area (Å²) in [6.45, 7) is 7.29. The number of hydrogen-bond acceptors (Lipinski definition) is 12. The number of likely N-dealkylation sites (N-methyl/N-ethyl adjacent to an activating group) is 1. The SMILES string of the molecule is CNCC(=O)N[C@@H](CCCN=C(N)N)C(=O)N[C@H](C(=O)N([N+](=O)[O-])[C@@](Cc1ccc(O)cc1)(C(=O)OC)C(=O)OC(C)(C)C)C(C)C. The number of methoxy groups -OCH3 is 1. The zero-order valence-electron chi connectivity index (χ0n) is 27.7. The van der Waals surface area contributed by atoms with Crippen LogP contribution in [0.5, 0.6) is 5.75 Å². The molecule has 3 atom stereocenters. The molecule has 1 aromatic carbocycles. The highest BCUT2D eigenvalue weighted by molar-refractivity contribution is 6.08. The van der Waals surface area contributed by atoms with E-state index in [1.54, 1.807) is 0 Å². The smallest absolute Gasteiger partial charge is 0.351 e. The van der Waals surface area contributed by atoms with Crippen LogP contribution in [-0.2, 0) is 39.9 Å². The molecule has 47 heavy (non-hydrogen) atoms. The Morgan fingerprint density at radius 2 is 1.66 bits per heavy atom. The van der Waals surface area contributed by atoms with Gasteiger partial charge in [-0.25, -0.2) is 19.7 Å². The largest absolute Gasteiger partial charge is 0.508 e. The fraction of sp³-hybridized carbons (Fsp3) is 0.586. The number of benzene rings is 1. The molecule has 0 radical (unpaired) electrons. The van der Waals surface area contributed by atoms with E-state index in [-0.39, 0.29) is 48.2 Å². The second kappa shape index (κ2) is 17.6. The Morgan fingerprint density at radius 3 is 2.13 bits per heavy atom. The van der Waals surface area contributed by atoms with Crippen molar-refractivity contribution >= 4 is 35.6 Å². The van der Waals surface area contributed by atoms with Crippen molar-refractivity contribution in [3.8, 4) is 5.75 Å². The maximum Gasteiger partial charge on any atom is 0.351 e. The number of rotatable bonds is 17. The molecule has 1 aromatic rings. The monoisotopic (exact) mass is 666 g/mol. The highest BCUT2D eigenvalue weighted by Gasteiger charge is 2.64. The first kappa shape index (κ1) is 40.0. The zero-order valence-corrected chi connectivity index (χ0v) is 27.7. The summed E-state index contributed by atoms with van der Waals surface area (Å²) in [7, 11) is 2.40. The number of aromatic hydroxyl groups is 1. The summed E-state index contributed by atoms with van der Waals surface area (Å²) < 4.78 is 10.3. The molecule has 18 nitrogen and oxygen atoms in total. The van der Waals surface area contributed by atoms with Gasteiger partial charge in [0.1, 0.15) is 23.4 Å². The predicted molar refractivity (Wildman–Crippen MR) is 169 cm³/mol. The topological polar surface area (TPSA) is 271 Å². The van der Waals surface area contributed by atoms with E-state index >= 15 is 0 Å². The van der Waals surface area contributed by atoms with Crippen LogP contribution in [0.3, 0.4) is 0 Å². The van der Waals surface area contributed by atoms with Gasteiger partial charge in [-0.05, 0) is 69.3 Å². The third-order valence-corrected chi connectivity index (χ3v) is 6.55. The van der Waals surface area contributed by atoms with E-state index in [0.29, 0.717) is 0 Å². The number of esters is 2. The summed E-state index contributed by atoms with van der Waals surface area (Å²) in [4.78, 5) is 84.1. The quantitative estimate of drug-likeness (QED) is 0.0224. The van der Waals surface area contributed by atoms with Crippen LogP contribution in [-0.4, -0.2) is 101 Å². The van der Waals surface area contributed by atoms with E-state index in [2.05, 4.69) is 20.9 Å². The van der Waals surface area contributed by atoms with Crippen molar-refractivity contribution in [2.75, 3.05) is 27.2 Å². The van der Waals surface area contributed by atoms with Crippen molar-refractivity contribution in [1.82, 2.24) is 21.0 Å². The first-order valence-electron chi connectivity index (χ1n) is 14.7. The molecule has 0 fully saturated rings. The van der Waals surface area contributed by atoms with Crippen molar-refractivity contribution in [3.63, 3.8) is 0 Å². The lowest BCUT2D eigenvalue weighted by atomic mass is 9.88. The normalized spacial score (nSPS) is 13.7. The zero-order chi connectivity index (χ0) is 36.1. The maximum absolute atomic E-state index is 14.2. The number of hydrazine groups is 1. The van der Waals surface area contributed by atoms with Crippen LogP contribution in [0.4, 0.5) is 0 Å². The molecule has 0 saturated carbocycles. The molecule has 1 rings (SSSR count). The molecule has 0 unspecified atom stereocenters. The average molecular weight is 667 g/mol. The molecule has 18 heteroatoms. The molecule has 0 saturated heterocycles. The average Bonchev–Trinajstić information content (AvgIpc) is 2.96. The van der Waals surface area contributed by atoms with Crippen LogP contribution in [0.1, 0.15) is 53.0 Å². The number of nitrogens with two attached hydrogens (primary N) is 2. The molecule has 0 aromatic heterocycles. The van der Waals surface area contributed by atoms with E-state index in [1.807, 2.05) is 0 Å². The van der Waals surface area contributed by atoms with Crippen molar-refractivity contribution in [2.45, 2.75) is 77.1 Å². The number of aliphatic imine (C=N–C) groups is 1. The van der Waals surface area contributed by atoms with Gasteiger partial charge in [0, 0.05) is 13.0 Å². The molecular weight excluding hydrogens is 620 g/mol. The summed E-state index contributed by atoms with van der Waals surface area (Å²) >= 11 is 0. The second-order valence-electron chi connectivity index (χ2n) is 11.9. The van der Waals surface area contributed by atoms with Gasteiger partial charge < -0.3 is 42.0 Å². The van der Waals surface area contributed by atoms with Gasteiger partial charge in [0.25, 0.3) is 0 Å². The number of nitrogens with zero attached hydrogens (tertiary/aromatic N) is 3. The van der Waals surface area contributed by atoms with Crippen LogP contribution >= 0.6 is 0 Å². The molecule has 262 valence electrons. The number of hydrogen-bond donors (Lipinski definition) is 6. The van der Waals surface area contributed by atoms with Gasteiger partial charge in [0.05, 0.1) is 13.7 Å². The molecule has 0 aliphatic carbocycles. The number of nitrogens with one attached hydrogen (secondary N) is 3. The molecule has 0 aliphatic rings. The number of carbonyl (C=O) groups is 5. The minimum absolute atomic E-state index is 0.0148. The van der Waals surface area contributed by atoms with Gasteiger partial charge in [-0.1, -0.05) is 26.0 Å². The number of ether oxygens (including phenoxy) is 2. The molecule has 3 amide bonds. The van der Waals surface area contributed by atoms with Gasteiger partial charge in [0.15, 0.2) is 11.0 Å². The second-order valence-corrected chi connectivity index (χ2v) is 11.9. The third-order valence-electron chi connectivity index (χ3n) is 6.55. The number of guanidine groups is 1. The summed E-state index contributed by atoms with van der Waals surface area (Å²) in [5.74, 6) is -7.04. The Morgan fingerprint density at radius 1 is 1.06 bits per heavy atom. The summed E-state index contributed by atoms with van der Waals surface area (Å²) in [6.07, 6.45) is -0.553. The lowest BCUT2D eigenvalue weighted by Crippen LogP contribution is -2.70. The van der Waals surface area contributed by atoms with Crippen molar-refractivity contribution < 1.29 is 43.6 Å². The molecule has 0 spiro atoms. The Bertz CT molecular complexity index is 1310. The predicted octanol–water partition coefficient (Wildman–Crippen LogP) is -0.893. The van der Waals surface area contributed by atoms with E-state index in [0.717, 1.165) is 7.11 Å². The first-order valence-corrected chi connectivity index (χ1v) is 14.7. The minimum Gasteiger partial charge on any atom is -0.508 e. The van der Waals surface area contributed by atoms with E-state index < -0.39 is 70.3 Å².